The van der Waals surface area contributed by atoms with Crippen LogP contribution < -0.4 is 10.1 Å². The third-order valence-electron chi connectivity index (χ3n) is 4.64. The lowest BCUT2D eigenvalue weighted by molar-refractivity contribution is 0.221. The molecule has 21 heavy (non-hydrogen) atoms. The molecule has 0 unspecified atom stereocenters. The number of para-hydroxylation sites is 1. The molecule has 0 saturated heterocycles. The lowest BCUT2D eigenvalue weighted by Gasteiger charge is -2.26. The summed E-state index contributed by atoms with van der Waals surface area (Å²) in [7, 11) is 0. The third-order valence-corrected chi connectivity index (χ3v) is 4.64. The Morgan fingerprint density at radius 3 is 3.00 bits per heavy atom. The number of hydrogen-bond donors (Lipinski definition) is 1. The van der Waals surface area contributed by atoms with Crippen molar-refractivity contribution < 1.29 is 4.74 Å². The maximum Gasteiger partial charge on any atom is 0.122 e. The minimum atomic E-state index is 0.592. The topological polar surface area (TPSA) is 21.3 Å². The van der Waals surface area contributed by atoms with Crippen molar-refractivity contribution in [2.75, 3.05) is 13.2 Å². The van der Waals surface area contributed by atoms with Crippen LogP contribution in [0.1, 0.15) is 22.3 Å². The van der Waals surface area contributed by atoms with E-state index in [0.717, 1.165) is 44.7 Å². The summed E-state index contributed by atoms with van der Waals surface area (Å²) in [6.45, 7) is 2.97. The van der Waals surface area contributed by atoms with Crippen LogP contribution in [0, 0.1) is 5.92 Å². The molecule has 2 aliphatic heterocycles. The first-order chi connectivity index (χ1) is 10.4. The van der Waals surface area contributed by atoms with E-state index in [0.29, 0.717) is 5.92 Å². The number of nitrogens with one attached hydrogen (secondary N) is 1. The van der Waals surface area contributed by atoms with Crippen molar-refractivity contribution in [3.05, 3.63) is 64.7 Å². The van der Waals surface area contributed by atoms with Crippen molar-refractivity contribution in [3.63, 3.8) is 0 Å². The third kappa shape index (κ3) is 2.68. The molecule has 0 fully saturated rings. The van der Waals surface area contributed by atoms with Crippen LogP contribution in [-0.4, -0.2) is 13.2 Å². The normalized spacial score (nSPS) is 20.3. The lowest BCUT2D eigenvalue weighted by atomic mass is 9.89. The zero-order valence-electron chi connectivity index (χ0n) is 12.3. The molecule has 0 aliphatic carbocycles. The first kappa shape index (κ1) is 12.9. The SMILES string of the molecule is c1ccc2c(c1)C[C@@H](Cc1ccc3c(c1)CNCC3)CO2. The second-order valence-corrected chi connectivity index (χ2v) is 6.22. The van der Waals surface area contributed by atoms with E-state index in [4.69, 9.17) is 4.74 Å². The number of hydrogen-bond acceptors (Lipinski definition) is 2. The van der Waals surface area contributed by atoms with Gasteiger partial charge in [-0.05, 0) is 54.1 Å². The van der Waals surface area contributed by atoms with Gasteiger partial charge in [0.1, 0.15) is 5.75 Å². The fourth-order valence-electron chi connectivity index (χ4n) is 3.52. The van der Waals surface area contributed by atoms with E-state index in [9.17, 15) is 0 Å². The van der Waals surface area contributed by atoms with Crippen molar-refractivity contribution in [3.8, 4) is 5.75 Å². The molecule has 0 aromatic heterocycles. The molecule has 2 nitrogen and oxygen atoms in total. The van der Waals surface area contributed by atoms with Crippen LogP contribution in [0.2, 0.25) is 0 Å². The summed E-state index contributed by atoms with van der Waals surface area (Å²) < 4.78 is 5.91. The molecule has 108 valence electrons. The van der Waals surface area contributed by atoms with Gasteiger partial charge in [0.15, 0.2) is 0 Å². The quantitative estimate of drug-likeness (QED) is 0.912. The monoisotopic (exact) mass is 279 g/mol. The highest BCUT2D eigenvalue weighted by atomic mass is 16.5. The molecule has 0 saturated carbocycles. The Morgan fingerprint density at radius 2 is 2.00 bits per heavy atom. The minimum Gasteiger partial charge on any atom is -0.493 e. The summed E-state index contributed by atoms with van der Waals surface area (Å²) >= 11 is 0. The molecule has 1 N–H and O–H groups in total. The minimum absolute atomic E-state index is 0.592. The van der Waals surface area contributed by atoms with Gasteiger partial charge in [0.25, 0.3) is 0 Å². The Morgan fingerprint density at radius 1 is 1.05 bits per heavy atom. The Hall–Kier alpha value is -1.80. The predicted octanol–water partition coefficient (Wildman–Crippen LogP) is 3.13. The van der Waals surface area contributed by atoms with E-state index in [2.05, 4.69) is 47.8 Å². The molecule has 2 aromatic rings. The zero-order valence-corrected chi connectivity index (χ0v) is 12.3. The maximum atomic E-state index is 5.91. The smallest absolute Gasteiger partial charge is 0.122 e. The van der Waals surface area contributed by atoms with Gasteiger partial charge in [0, 0.05) is 12.5 Å². The molecular formula is C19H21NO. The Bertz CT molecular complexity index is 650. The van der Waals surface area contributed by atoms with Crippen LogP contribution >= 0.6 is 0 Å². The second-order valence-electron chi connectivity index (χ2n) is 6.22. The Balaban J connectivity index is 1.50. The molecular weight excluding hydrogens is 258 g/mol. The second kappa shape index (κ2) is 5.53. The van der Waals surface area contributed by atoms with Gasteiger partial charge in [-0.1, -0.05) is 36.4 Å². The van der Waals surface area contributed by atoms with Crippen LogP contribution in [0.5, 0.6) is 5.75 Å². The molecule has 0 bridgehead atoms. The van der Waals surface area contributed by atoms with Crippen molar-refractivity contribution >= 4 is 0 Å². The summed E-state index contributed by atoms with van der Waals surface area (Å²) in [6.07, 6.45) is 3.41. The predicted molar refractivity (Wildman–Crippen MR) is 84.7 cm³/mol. The summed E-state index contributed by atoms with van der Waals surface area (Å²) in [5.74, 6) is 1.66. The van der Waals surface area contributed by atoms with Gasteiger partial charge in [-0.25, -0.2) is 0 Å². The fourth-order valence-corrected chi connectivity index (χ4v) is 3.52. The maximum absolute atomic E-state index is 5.91. The van der Waals surface area contributed by atoms with Crippen LogP contribution in [0.15, 0.2) is 42.5 Å². The average molecular weight is 279 g/mol. The van der Waals surface area contributed by atoms with Crippen molar-refractivity contribution in [1.82, 2.24) is 5.32 Å². The molecule has 2 aliphatic rings. The number of benzene rings is 2. The summed E-state index contributed by atoms with van der Waals surface area (Å²) in [6, 6.07) is 15.5. The molecule has 2 heteroatoms. The van der Waals surface area contributed by atoms with E-state index < -0.39 is 0 Å². The molecule has 1 atom stereocenters. The highest BCUT2D eigenvalue weighted by Crippen LogP contribution is 2.29. The van der Waals surface area contributed by atoms with Crippen molar-refractivity contribution in [2.45, 2.75) is 25.8 Å². The van der Waals surface area contributed by atoms with Crippen LogP contribution in [0.4, 0.5) is 0 Å². The van der Waals surface area contributed by atoms with E-state index >= 15 is 0 Å². The number of rotatable bonds is 2. The zero-order chi connectivity index (χ0) is 14.1. The summed E-state index contributed by atoms with van der Waals surface area (Å²) in [5.41, 5.74) is 5.80. The van der Waals surface area contributed by atoms with Gasteiger partial charge in [-0.2, -0.15) is 0 Å². The van der Waals surface area contributed by atoms with Crippen molar-refractivity contribution in [2.24, 2.45) is 5.92 Å². The average Bonchev–Trinajstić information content (AvgIpc) is 2.55. The standard InChI is InChI=1S/C19H21NO/c1-2-4-19-17(3-1)11-15(13-21-19)9-14-5-6-16-7-8-20-12-18(16)10-14/h1-6,10,15,20H,7-9,11-13H2/t15-/m1/s1. The fraction of sp³-hybridized carbons (Fsp3) is 0.368. The molecule has 2 aromatic carbocycles. The van der Waals surface area contributed by atoms with Gasteiger partial charge < -0.3 is 10.1 Å². The highest BCUT2D eigenvalue weighted by molar-refractivity contribution is 5.37. The van der Waals surface area contributed by atoms with Crippen LogP contribution in [-0.2, 0) is 25.8 Å². The van der Waals surface area contributed by atoms with Gasteiger partial charge in [0.05, 0.1) is 6.61 Å². The molecule has 4 rings (SSSR count). The van der Waals surface area contributed by atoms with E-state index in [1.165, 1.54) is 22.3 Å². The number of ether oxygens (including phenoxy) is 1. The first-order valence-electron chi connectivity index (χ1n) is 7.90. The molecule has 0 radical (unpaired) electrons. The van der Waals surface area contributed by atoms with Gasteiger partial charge in [-0.3, -0.25) is 0 Å². The number of fused-ring (bicyclic) bond motifs is 2. The highest BCUT2D eigenvalue weighted by Gasteiger charge is 2.20. The van der Waals surface area contributed by atoms with E-state index in [-0.39, 0.29) is 0 Å². The lowest BCUT2D eigenvalue weighted by Crippen LogP contribution is -2.25. The van der Waals surface area contributed by atoms with Gasteiger partial charge >= 0.3 is 0 Å². The van der Waals surface area contributed by atoms with E-state index in [1.54, 1.807) is 0 Å². The summed E-state index contributed by atoms with van der Waals surface area (Å²) in [5, 5.41) is 3.46. The van der Waals surface area contributed by atoms with Crippen LogP contribution in [0.3, 0.4) is 0 Å². The molecule has 2 heterocycles. The first-order valence-corrected chi connectivity index (χ1v) is 7.90. The van der Waals surface area contributed by atoms with Gasteiger partial charge in [0.2, 0.25) is 0 Å². The summed E-state index contributed by atoms with van der Waals surface area (Å²) in [4.78, 5) is 0. The Labute approximate surface area is 126 Å². The van der Waals surface area contributed by atoms with Crippen molar-refractivity contribution in [1.29, 1.82) is 0 Å². The molecule has 0 spiro atoms. The molecule has 0 amide bonds. The van der Waals surface area contributed by atoms with Gasteiger partial charge in [-0.15, -0.1) is 0 Å². The Kier molecular flexibility index (Phi) is 3.40. The largest absolute Gasteiger partial charge is 0.493 e. The van der Waals surface area contributed by atoms with Crippen LogP contribution in [0.25, 0.3) is 0 Å². The van der Waals surface area contributed by atoms with E-state index in [1.807, 2.05) is 0 Å².